The quantitative estimate of drug-likeness (QED) is 0.820. The molecule has 7 nitrogen and oxygen atoms in total. The molecule has 0 aliphatic carbocycles. The Balaban J connectivity index is 2.41. The van der Waals surface area contributed by atoms with E-state index >= 15 is 0 Å². The van der Waals surface area contributed by atoms with Crippen molar-refractivity contribution in [2.75, 3.05) is 0 Å². The number of rotatable bonds is 5. The van der Waals surface area contributed by atoms with E-state index in [0.29, 0.717) is 16.9 Å². The van der Waals surface area contributed by atoms with Crippen molar-refractivity contribution in [2.45, 2.75) is 40.2 Å². The van der Waals surface area contributed by atoms with Crippen molar-refractivity contribution in [3.05, 3.63) is 40.9 Å². The van der Waals surface area contributed by atoms with Gasteiger partial charge in [0.05, 0.1) is 5.69 Å². The van der Waals surface area contributed by atoms with Gasteiger partial charge in [-0.25, -0.2) is 14.3 Å². The van der Waals surface area contributed by atoms with Crippen LogP contribution in [0.15, 0.2) is 18.2 Å². The number of carboxylic acid groups (broad SMARTS) is 1. The summed E-state index contributed by atoms with van der Waals surface area (Å²) in [6, 6.07) is 0.881. The lowest BCUT2D eigenvalue weighted by Gasteiger charge is -2.12. The zero-order chi connectivity index (χ0) is 17.1. The summed E-state index contributed by atoms with van der Waals surface area (Å²) < 4.78 is 1.60. The third-order valence-electron chi connectivity index (χ3n) is 3.51. The molecule has 122 valence electrons. The van der Waals surface area contributed by atoms with E-state index in [9.17, 15) is 14.7 Å². The summed E-state index contributed by atoms with van der Waals surface area (Å²) in [4.78, 5) is 28.2. The van der Waals surface area contributed by atoms with E-state index < -0.39 is 17.9 Å². The molecule has 2 heterocycles. The topological polar surface area (TPSA) is 96.6 Å². The fourth-order valence-corrected chi connectivity index (χ4v) is 2.42. The first kappa shape index (κ1) is 16.7. The zero-order valence-electron chi connectivity index (χ0n) is 13.6. The Hall–Kier alpha value is -2.70. The number of fused-ring (bicyclic) bond motifs is 1. The second-order valence-electron chi connectivity index (χ2n) is 5.40. The Morgan fingerprint density at radius 3 is 2.70 bits per heavy atom. The molecule has 0 aromatic carbocycles. The maximum absolute atomic E-state index is 12.5. The zero-order valence-corrected chi connectivity index (χ0v) is 13.6. The Kier molecular flexibility index (Phi) is 4.78. The molecule has 0 radical (unpaired) electrons. The standard InChI is InChI=1S/C16H20N4O3/c1-5-6-7-12(16(22)23)18-15(21)13-11(4)19-20-10(3)8-9(2)17-14(13)20/h5-6,8,12H,7H2,1-4H3,(H,18,21)(H,22,23)/b6-5+. The minimum atomic E-state index is -1.08. The van der Waals surface area contributed by atoms with Crippen LogP contribution in [-0.4, -0.2) is 37.6 Å². The molecule has 1 amide bonds. The fourth-order valence-electron chi connectivity index (χ4n) is 2.42. The van der Waals surface area contributed by atoms with Gasteiger partial charge >= 0.3 is 5.97 Å². The molecule has 0 aliphatic heterocycles. The summed E-state index contributed by atoms with van der Waals surface area (Å²) >= 11 is 0. The van der Waals surface area contributed by atoms with Gasteiger partial charge in [-0.15, -0.1) is 0 Å². The van der Waals surface area contributed by atoms with Crippen LogP contribution >= 0.6 is 0 Å². The van der Waals surface area contributed by atoms with Crippen LogP contribution in [0.4, 0.5) is 0 Å². The van der Waals surface area contributed by atoms with Crippen LogP contribution in [0.25, 0.3) is 5.65 Å². The van der Waals surface area contributed by atoms with Crippen LogP contribution in [-0.2, 0) is 4.79 Å². The highest BCUT2D eigenvalue weighted by atomic mass is 16.4. The first-order valence-corrected chi connectivity index (χ1v) is 7.33. The average Bonchev–Trinajstić information content (AvgIpc) is 2.79. The number of carboxylic acids is 1. The van der Waals surface area contributed by atoms with Crippen LogP contribution in [0.5, 0.6) is 0 Å². The molecule has 2 aromatic rings. The average molecular weight is 316 g/mol. The molecule has 23 heavy (non-hydrogen) atoms. The molecular weight excluding hydrogens is 296 g/mol. The Morgan fingerprint density at radius 2 is 2.09 bits per heavy atom. The summed E-state index contributed by atoms with van der Waals surface area (Å²) in [6.45, 7) is 7.22. The minimum absolute atomic E-state index is 0.224. The predicted molar refractivity (Wildman–Crippen MR) is 85.5 cm³/mol. The molecule has 0 fully saturated rings. The highest BCUT2D eigenvalue weighted by Gasteiger charge is 2.24. The molecule has 1 unspecified atom stereocenters. The second-order valence-corrected chi connectivity index (χ2v) is 5.40. The number of nitrogens with one attached hydrogen (secondary N) is 1. The van der Waals surface area contributed by atoms with Crippen molar-refractivity contribution in [1.29, 1.82) is 0 Å². The molecule has 0 saturated heterocycles. The predicted octanol–water partition coefficient (Wildman–Crippen LogP) is 1.80. The van der Waals surface area contributed by atoms with Crippen molar-refractivity contribution in [3.63, 3.8) is 0 Å². The van der Waals surface area contributed by atoms with Crippen molar-refractivity contribution >= 4 is 17.5 Å². The lowest BCUT2D eigenvalue weighted by molar-refractivity contribution is -0.139. The largest absolute Gasteiger partial charge is 0.480 e. The van der Waals surface area contributed by atoms with Gasteiger partial charge in [-0.1, -0.05) is 12.2 Å². The summed E-state index contributed by atoms with van der Waals surface area (Å²) in [6.07, 6.45) is 3.67. The Labute approximate surface area is 134 Å². The van der Waals surface area contributed by atoms with E-state index in [1.807, 2.05) is 19.9 Å². The molecule has 0 spiro atoms. The van der Waals surface area contributed by atoms with Gasteiger partial charge in [0.1, 0.15) is 11.6 Å². The van der Waals surface area contributed by atoms with Crippen LogP contribution in [0.2, 0.25) is 0 Å². The van der Waals surface area contributed by atoms with E-state index in [1.54, 1.807) is 30.5 Å². The van der Waals surface area contributed by atoms with Crippen molar-refractivity contribution in [2.24, 2.45) is 0 Å². The molecule has 2 N–H and O–H groups in total. The molecule has 0 bridgehead atoms. The first-order chi connectivity index (χ1) is 10.8. The lowest BCUT2D eigenvalue weighted by atomic mass is 10.1. The molecule has 0 aliphatic rings. The maximum Gasteiger partial charge on any atom is 0.326 e. The molecule has 7 heteroatoms. The van der Waals surface area contributed by atoms with Gasteiger partial charge in [0, 0.05) is 11.4 Å². The highest BCUT2D eigenvalue weighted by molar-refractivity contribution is 6.02. The second kappa shape index (κ2) is 6.60. The lowest BCUT2D eigenvalue weighted by Crippen LogP contribution is -2.40. The summed E-state index contributed by atoms with van der Waals surface area (Å²) in [5, 5.41) is 16.1. The molecule has 1 atom stereocenters. The van der Waals surface area contributed by atoms with Crippen LogP contribution in [0.1, 0.15) is 40.8 Å². The SMILES string of the molecule is C/C=C/CC(NC(=O)c1c(C)nn2c(C)cc(C)nc12)C(=O)O. The highest BCUT2D eigenvalue weighted by Crippen LogP contribution is 2.16. The number of amides is 1. The number of nitrogens with zero attached hydrogens (tertiary/aromatic N) is 3. The fraction of sp³-hybridized carbons (Fsp3) is 0.375. The van der Waals surface area contributed by atoms with E-state index in [4.69, 9.17) is 0 Å². The van der Waals surface area contributed by atoms with E-state index in [-0.39, 0.29) is 6.42 Å². The number of allylic oxidation sites excluding steroid dienone is 1. The van der Waals surface area contributed by atoms with Crippen LogP contribution in [0, 0.1) is 20.8 Å². The molecule has 2 aromatic heterocycles. The van der Waals surface area contributed by atoms with E-state index in [1.165, 1.54) is 0 Å². The number of hydrogen-bond donors (Lipinski definition) is 2. The normalized spacial score (nSPS) is 12.7. The van der Waals surface area contributed by atoms with Crippen molar-refractivity contribution in [1.82, 2.24) is 19.9 Å². The smallest absolute Gasteiger partial charge is 0.326 e. The summed E-state index contributed by atoms with van der Waals surface area (Å²) in [5.74, 6) is -1.56. The third kappa shape index (κ3) is 3.39. The van der Waals surface area contributed by atoms with Crippen molar-refractivity contribution in [3.8, 4) is 0 Å². The van der Waals surface area contributed by atoms with E-state index in [0.717, 1.165) is 11.4 Å². The summed E-state index contributed by atoms with van der Waals surface area (Å²) in [7, 11) is 0. The van der Waals surface area contributed by atoms with Gasteiger partial charge in [0.25, 0.3) is 5.91 Å². The van der Waals surface area contributed by atoms with Gasteiger partial charge in [-0.05, 0) is 40.2 Å². The number of aromatic nitrogens is 3. The molecule has 2 rings (SSSR count). The van der Waals surface area contributed by atoms with Crippen molar-refractivity contribution < 1.29 is 14.7 Å². The number of aliphatic carboxylic acids is 1. The first-order valence-electron chi connectivity index (χ1n) is 7.33. The minimum Gasteiger partial charge on any atom is -0.480 e. The Bertz CT molecular complexity index is 792. The van der Waals surface area contributed by atoms with Gasteiger partial charge in [-0.3, -0.25) is 4.79 Å². The molecule has 0 saturated carbocycles. The van der Waals surface area contributed by atoms with Gasteiger partial charge in [0.2, 0.25) is 0 Å². The summed E-state index contributed by atoms with van der Waals surface area (Å²) in [5.41, 5.74) is 2.89. The maximum atomic E-state index is 12.5. The number of aryl methyl sites for hydroxylation is 3. The van der Waals surface area contributed by atoms with Gasteiger partial charge < -0.3 is 10.4 Å². The third-order valence-corrected chi connectivity index (χ3v) is 3.51. The number of carbonyl (C=O) groups is 2. The number of hydrogen-bond acceptors (Lipinski definition) is 4. The monoisotopic (exact) mass is 316 g/mol. The van der Waals surface area contributed by atoms with E-state index in [2.05, 4.69) is 15.4 Å². The number of carbonyl (C=O) groups excluding carboxylic acids is 1. The molecular formula is C16H20N4O3. The van der Waals surface area contributed by atoms with Crippen LogP contribution < -0.4 is 5.32 Å². The van der Waals surface area contributed by atoms with Gasteiger partial charge in [0.15, 0.2) is 5.65 Å². The van der Waals surface area contributed by atoms with Gasteiger partial charge in [-0.2, -0.15) is 5.10 Å². The Morgan fingerprint density at radius 1 is 1.39 bits per heavy atom. The van der Waals surface area contributed by atoms with Crippen LogP contribution in [0.3, 0.4) is 0 Å².